The predicted octanol–water partition coefficient (Wildman–Crippen LogP) is -0.381. The molecule has 1 saturated heterocycles. The van der Waals surface area contributed by atoms with Crippen LogP contribution < -0.4 is 5.32 Å². The molecule has 0 radical (unpaired) electrons. The Hall–Kier alpha value is -0.980. The zero-order valence-corrected chi connectivity index (χ0v) is 8.69. The zero-order valence-electron chi connectivity index (χ0n) is 8.69. The lowest BCUT2D eigenvalue weighted by Gasteiger charge is -2.19. The van der Waals surface area contributed by atoms with Crippen LogP contribution in [-0.4, -0.2) is 40.7 Å². The predicted molar refractivity (Wildman–Crippen MR) is 51.1 cm³/mol. The van der Waals surface area contributed by atoms with Crippen LogP contribution >= 0.6 is 0 Å². The number of hydrogen-bond acceptors (Lipinski definition) is 6. The highest BCUT2D eigenvalue weighted by Crippen LogP contribution is 2.16. The first kappa shape index (κ1) is 10.5. The van der Waals surface area contributed by atoms with E-state index in [1.807, 2.05) is 0 Å². The summed E-state index contributed by atoms with van der Waals surface area (Å²) in [6, 6.07) is 0. The van der Waals surface area contributed by atoms with Gasteiger partial charge < -0.3 is 19.6 Å². The number of hydrogen-bond donors (Lipinski definition) is 2. The molecule has 6 heteroatoms. The van der Waals surface area contributed by atoms with E-state index < -0.39 is 5.60 Å². The van der Waals surface area contributed by atoms with Crippen molar-refractivity contribution in [1.82, 2.24) is 15.5 Å². The summed E-state index contributed by atoms with van der Waals surface area (Å²) in [5.41, 5.74) is -0.741. The van der Waals surface area contributed by atoms with Crippen molar-refractivity contribution in [2.75, 3.05) is 19.8 Å². The van der Waals surface area contributed by atoms with E-state index in [1.165, 1.54) is 0 Å². The highest BCUT2D eigenvalue weighted by atomic mass is 16.5. The summed E-state index contributed by atoms with van der Waals surface area (Å²) in [7, 11) is 0. The molecule has 0 bridgehead atoms. The smallest absolute Gasteiger partial charge is 0.230 e. The molecular formula is C9H15N3O3. The van der Waals surface area contributed by atoms with Crippen molar-refractivity contribution in [2.24, 2.45) is 0 Å². The van der Waals surface area contributed by atoms with Gasteiger partial charge >= 0.3 is 0 Å². The van der Waals surface area contributed by atoms with Crippen molar-refractivity contribution in [3.05, 3.63) is 11.8 Å². The van der Waals surface area contributed by atoms with Crippen LogP contribution in [0.1, 0.15) is 18.2 Å². The van der Waals surface area contributed by atoms with E-state index in [0.717, 1.165) is 0 Å². The van der Waals surface area contributed by atoms with Gasteiger partial charge in [-0.15, -0.1) is 10.2 Å². The van der Waals surface area contributed by atoms with Crippen molar-refractivity contribution < 1.29 is 14.3 Å². The van der Waals surface area contributed by atoms with E-state index in [-0.39, 0.29) is 0 Å². The normalized spacial score (nSPS) is 26.0. The van der Waals surface area contributed by atoms with Crippen LogP contribution in [0.15, 0.2) is 4.42 Å². The summed E-state index contributed by atoms with van der Waals surface area (Å²) >= 11 is 0. The van der Waals surface area contributed by atoms with Gasteiger partial charge in [-0.25, -0.2) is 0 Å². The Morgan fingerprint density at radius 1 is 1.53 bits per heavy atom. The van der Waals surface area contributed by atoms with Crippen LogP contribution in [0.2, 0.25) is 0 Å². The molecule has 0 saturated carbocycles. The third-order valence-electron chi connectivity index (χ3n) is 2.38. The second-order valence-corrected chi connectivity index (χ2v) is 3.85. The maximum atomic E-state index is 9.92. The Kier molecular flexibility index (Phi) is 2.99. The van der Waals surface area contributed by atoms with Crippen molar-refractivity contribution in [3.8, 4) is 0 Å². The van der Waals surface area contributed by atoms with Gasteiger partial charge in [0.25, 0.3) is 0 Å². The summed E-state index contributed by atoms with van der Waals surface area (Å²) in [5, 5.41) is 20.5. The summed E-state index contributed by atoms with van der Waals surface area (Å²) in [5.74, 6) is 1.09. The van der Waals surface area contributed by atoms with E-state index in [2.05, 4.69) is 15.5 Å². The molecule has 1 aliphatic heterocycles. The molecule has 1 fully saturated rings. The minimum absolute atomic E-state index is 0.392. The second kappa shape index (κ2) is 4.26. The molecule has 1 aromatic heterocycles. The average Bonchev–Trinajstić information content (AvgIpc) is 2.76. The molecule has 1 aromatic rings. The van der Waals surface area contributed by atoms with Crippen LogP contribution in [0.4, 0.5) is 0 Å². The number of nitrogens with zero attached hydrogens (tertiary/aromatic N) is 2. The average molecular weight is 213 g/mol. The standard InChI is InChI=1S/C9H15N3O3/c1-7-11-12-8(15-7)4-10-5-9(13)2-3-14-6-9/h10,13H,2-6H2,1H3. The molecule has 0 aliphatic carbocycles. The molecule has 84 valence electrons. The van der Waals surface area contributed by atoms with Crippen molar-refractivity contribution in [2.45, 2.75) is 25.5 Å². The van der Waals surface area contributed by atoms with Crippen LogP contribution in [0.5, 0.6) is 0 Å². The fourth-order valence-electron chi connectivity index (χ4n) is 1.55. The van der Waals surface area contributed by atoms with Gasteiger partial charge in [0.05, 0.1) is 13.2 Å². The van der Waals surface area contributed by atoms with Gasteiger partial charge in [0.1, 0.15) is 5.60 Å². The Labute approximate surface area is 87.6 Å². The molecule has 15 heavy (non-hydrogen) atoms. The maximum absolute atomic E-state index is 9.92. The van der Waals surface area contributed by atoms with Gasteiger partial charge in [-0.1, -0.05) is 0 Å². The molecule has 1 atom stereocenters. The Bertz CT molecular complexity index is 320. The SMILES string of the molecule is Cc1nnc(CNCC2(O)CCOC2)o1. The van der Waals surface area contributed by atoms with Gasteiger partial charge in [0, 0.05) is 26.5 Å². The molecule has 0 amide bonds. The summed E-state index contributed by atoms with van der Waals surface area (Å²) in [6.07, 6.45) is 0.670. The first-order valence-corrected chi connectivity index (χ1v) is 4.98. The van der Waals surface area contributed by atoms with E-state index >= 15 is 0 Å². The zero-order chi connectivity index (χ0) is 10.7. The van der Waals surface area contributed by atoms with Crippen LogP contribution in [-0.2, 0) is 11.3 Å². The van der Waals surface area contributed by atoms with Crippen LogP contribution in [0.25, 0.3) is 0 Å². The molecule has 2 N–H and O–H groups in total. The number of aryl methyl sites for hydroxylation is 1. The molecule has 0 spiro atoms. The summed E-state index contributed by atoms with van der Waals surface area (Å²) < 4.78 is 10.3. The molecule has 2 rings (SSSR count). The third kappa shape index (κ3) is 2.74. The fraction of sp³-hybridized carbons (Fsp3) is 0.778. The first-order valence-electron chi connectivity index (χ1n) is 4.98. The minimum Gasteiger partial charge on any atom is -0.424 e. The van der Waals surface area contributed by atoms with Gasteiger partial charge in [0.2, 0.25) is 11.8 Å². The monoisotopic (exact) mass is 213 g/mol. The van der Waals surface area contributed by atoms with Gasteiger partial charge in [-0.2, -0.15) is 0 Å². The van der Waals surface area contributed by atoms with Crippen molar-refractivity contribution in [3.63, 3.8) is 0 Å². The van der Waals surface area contributed by atoms with Crippen LogP contribution in [0, 0.1) is 6.92 Å². The topological polar surface area (TPSA) is 80.4 Å². The van der Waals surface area contributed by atoms with E-state index in [4.69, 9.17) is 9.15 Å². The van der Waals surface area contributed by atoms with E-state index in [0.29, 0.717) is 44.5 Å². The molecule has 1 unspecified atom stereocenters. The molecule has 1 aliphatic rings. The molecular weight excluding hydrogens is 198 g/mol. The number of rotatable bonds is 4. The van der Waals surface area contributed by atoms with Crippen molar-refractivity contribution >= 4 is 0 Å². The Morgan fingerprint density at radius 2 is 2.40 bits per heavy atom. The van der Waals surface area contributed by atoms with Crippen LogP contribution in [0.3, 0.4) is 0 Å². The maximum Gasteiger partial charge on any atom is 0.230 e. The highest BCUT2D eigenvalue weighted by Gasteiger charge is 2.31. The van der Waals surface area contributed by atoms with Gasteiger partial charge in [-0.05, 0) is 0 Å². The van der Waals surface area contributed by atoms with Crippen molar-refractivity contribution in [1.29, 1.82) is 0 Å². The number of aliphatic hydroxyl groups is 1. The van der Waals surface area contributed by atoms with Gasteiger partial charge in [0.15, 0.2) is 0 Å². The van der Waals surface area contributed by atoms with E-state index in [1.54, 1.807) is 6.92 Å². The Balaban J connectivity index is 1.75. The van der Waals surface area contributed by atoms with Gasteiger partial charge in [-0.3, -0.25) is 0 Å². The number of aromatic nitrogens is 2. The second-order valence-electron chi connectivity index (χ2n) is 3.85. The number of ether oxygens (including phenoxy) is 1. The molecule has 2 heterocycles. The third-order valence-corrected chi connectivity index (χ3v) is 2.38. The highest BCUT2D eigenvalue weighted by molar-refractivity contribution is 4.86. The largest absolute Gasteiger partial charge is 0.424 e. The quantitative estimate of drug-likeness (QED) is 0.709. The Morgan fingerprint density at radius 3 is 3.00 bits per heavy atom. The molecule has 6 nitrogen and oxygen atoms in total. The summed E-state index contributed by atoms with van der Waals surface area (Å²) in [4.78, 5) is 0. The summed E-state index contributed by atoms with van der Waals surface area (Å²) in [6.45, 7) is 3.72. The molecule has 0 aromatic carbocycles. The number of nitrogens with one attached hydrogen (secondary N) is 1. The van der Waals surface area contributed by atoms with E-state index in [9.17, 15) is 5.11 Å². The minimum atomic E-state index is -0.741. The lowest BCUT2D eigenvalue weighted by molar-refractivity contribution is 0.0264. The fourth-order valence-corrected chi connectivity index (χ4v) is 1.55. The first-order chi connectivity index (χ1) is 7.18. The lowest BCUT2D eigenvalue weighted by Crippen LogP contribution is -2.40. The lowest BCUT2D eigenvalue weighted by atomic mass is 10.0.